The molecule has 3 fully saturated rings. The largest absolute Gasteiger partial charge is 0.490 e. The van der Waals surface area contributed by atoms with Crippen molar-refractivity contribution in [1.29, 1.82) is 0 Å². The molecule has 188 valence electrons. The molecule has 35 heavy (non-hydrogen) atoms. The van der Waals surface area contributed by atoms with Gasteiger partial charge in [0.05, 0.1) is 0 Å². The van der Waals surface area contributed by atoms with Gasteiger partial charge in [-0.2, -0.15) is 0 Å². The molecule has 0 aromatic heterocycles. The molecule has 2 aromatic rings. The van der Waals surface area contributed by atoms with E-state index in [9.17, 15) is 9.00 Å². The molecule has 0 N–H and O–H groups in total. The molecule has 3 aliphatic rings. The molecule has 2 saturated heterocycles. The quantitative estimate of drug-likeness (QED) is 0.572. The van der Waals surface area contributed by atoms with Crippen molar-refractivity contribution in [3.05, 3.63) is 54.1 Å². The van der Waals surface area contributed by atoms with E-state index < -0.39 is 9.52 Å². The smallest absolute Gasteiger partial charge is 0.253 e. The number of carbonyl (C=O) groups excluding carboxylic acids is 1. The fraction of sp³-hybridized carbons (Fsp3) is 0.500. The number of benzene rings is 2. The van der Waals surface area contributed by atoms with Gasteiger partial charge in [-0.15, -0.1) is 0 Å². The Bertz CT molecular complexity index is 1110. The van der Waals surface area contributed by atoms with Gasteiger partial charge >= 0.3 is 0 Å². The van der Waals surface area contributed by atoms with Crippen LogP contribution in [0.5, 0.6) is 5.75 Å². The van der Waals surface area contributed by atoms with E-state index in [1.54, 1.807) is 30.5 Å². The Hall–Kier alpha value is -2.51. The van der Waals surface area contributed by atoms with Gasteiger partial charge in [0, 0.05) is 67.7 Å². The molecule has 1 unspecified atom stereocenters. The second kappa shape index (κ2) is 10.2. The molecule has 1 atom stereocenters. The van der Waals surface area contributed by atoms with E-state index in [0.717, 1.165) is 50.8 Å². The van der Waals surface area contributed by atoms with Gasteiger partial charge in [-0.3, -0.25) is 9.00 Å². The first-order valence-electron chi connectivity index (χ1n) is 12.8. The fourth-order valence-corrected chi connectivity index (χ4v) is 5.99. The predicted octanol–water partition coefficient (Wildman–Crippen LogP) is 3.75. The maximum Gasteiger partial charge on any atom is 0.253 e. The minimum Gasteiger partial charge on any atom is -0.490 e. The number of piperidine rings is 1. The Morgan fingerprint density at radius 3 is 2.06 bits per heavy atom. The zero-order valence-corrected chi connectivity index (χ0v) is 21.5. The lowest BCUT2D eigenvalue weighted by atomic mass is 9.90. The summed E-state index contributed by atoms with van der Waals surface area (Å²) >= 11 is 0. The molecule has 2 heterocycles. The molecule has 1 amide bonds. The second-order valence-corrected chi connectivity index (χ2v) is 12.7. The van der Waals surface area contributed by atoms with Crippen LogP contribution in [0.1, 0.15) is 42.5 Å². The minimum absolute atomic E-state index is 0.0231. The topological polar surface area (TPSA) is 53.1 Å². The van der Waals surface area contributed by atoms with Crippen molar-refractivity contribution in [2.45, 2.75) is 49.1 Å². The number of anilines is 1. The number of piperazine rings is 1. The van der Waals surface area contributed by atoms with Crippen LogP contribution in [0.15, 0.2) is 53.4 Å². The molecule has 0 radical (unpaired) electrons. The lowest BCUT2D eigenvalue weighted by Gasteiger charge is -2.41. The van der Waals surface area contributed by atoms with Crippen LogP contribution < -0.4 is 9.64 Å². The van der Waals surface area contributed by atoms with E-state index in [1.807, 2.05) is 4.90 Å². The maximum absolute atomic E-state index is 12.9. The molecule has 0 bridgehead atoms. The molecule has 0 spiro atoms. The van der Waals surface area contributed by atoms with Crippen LogP contribution in [0.2, 0.25) is 0 Å². The molecular weight excluding hydrogens is 458 g/mol. The van der Waals surface area contributed by atoms with Crippen molar-refractivity contribution in [1.82, 2.24) is 9.80 Å². The van der Waals surface area contributed by atoms with Crippen molar-refractivity contribution in [2.24, 2.45) is 0 Å². The highest BCUT2D eigenvalue weighted by Gasteiger charge is 2.29. The summed E-state index contributed by atoms with van der Waals surface area (Å²) in [7, 11) is -2.27. The average molecular weight is 496 g/mol. The Labute approximate surface area is 209 Å². The SMILES string of the molecule is C=S(C)(=O)c1ccc(C(=O)N2CCN(c3ccc(OC4CCN(C5CCC5)CC4)cc3)CC2)cc1. The third-order valence-corrected chi connectivity index (χ3v) is 9.01. The van der Waals surface area contributed by atoms with Gasteiger partial charge in [0.25, 0.3) is 5.91 Å². The van der Waals surface area contributed by atoms with Crippen LogP contribution in [0.3, 0.4) is 0 Å². The average Bonchev–Trinajstić information content (AvgIpc) is 2.84. The van der Waals surface area contributed by atoms with Gasteiger partial charge < -0.3 is 19.4 Å². The van der Waals surface area contributed by atoms with Gasteiger partial charge in [0.1, 0.15) is 11.9 Å². The first-order chi connectivity index (χ1) is 16.9. The Morgan fingerprint density at radius 1 is 0.886 bits per heavy atom. The van der Waals surface area contributed by atoms with Gasteiger partial charge in [0.2, 0.25) is 0 Å². The standard InChI is InChI=1S/C28H37N3O3S/c1-35(2,33)27-12-6-22(7-13-27)28(32)31-20-18-30(19-21-31)24-8-10-25(11-9-24)34-26-14-16-29(17-15-26)23-4-3-5-23/h6-13,23,26H,1,3-5,14-21H2,2H3. The van der Waals surface area contributed by atoms with Crippen molar-refractivity contribution < 1.29 is 13.7 Å². The Morgan fingerprint density at radius 2 is 1.51 bits per heavy atom. The molecule has 2 aromatic carbocycles. The summed E-state index contributed by atoms with van der Waals surface area (Å²) in [5, 5.41) is 0. The summed E-state index contributed by atoms with van der Waals surface area (Å²) in [6, 6.07) is 16.3. The van der Waals surface area contributed by atoms with Crippen molar-refractivity contribution in [3.63, 3.8) is 0 Å². The molecule has 6 nitrogen and oxygen atoms in total. The van der Waals surface area contributed by atoms with Gasteiger partial charge in [-0.05, 0) is 89.6 Å². The van der Waals surface area contributed by atoms with E-state index in [4.69, 9.17) is 4.74 Å². The van der Waals surface area contributed by atoms with Gasteiger partial charge in [-0.25, -0.2) is 0 Å². The van der Waals surface area contributed by atoms with E-state index in [2.05, 4.69) is 39.9 Å². The van der Waals surface area contributed by atoms with Crippen LogP contribution in [-0.2, 0) is 9.52 Å². The highest BCUT2D eigenvalue weighted by atomic mass is 32.2. The summed E-state index contributed by atoms with van der Waals surface area (Å²) in [6.07, 6.45) is 8.31. The zero-order chi connectivity index (χ0) is 24.4. The summed E-state index contributed by atoms with van der Waals surface area (Å²) < 4.78 is 18.4. The molecule has 1 saturated carbocycles. The van der Waals surface area contributed by atoms with E-state index in [1.165, 1.54) is 24.9 Å². The number of hydrogen-bond acceptors (Lipinski definition) is 5. The van der Waals surface area contributed by atoms with E-state index in [0.29, 0.717) is 29.7 Å². The van der Waals surface area contributed by atoms with Crippen LogP contribution in [-0.4, -0.2) is 83.5 Å². The van der Waals surface area contributed by atoms with Crippen LogP contribution in [0.4, 0.5) is 5.69 Å². The van der Waals surface area contributed by atoms with Gasteiger partial charge in [0.15, 0.2) is 0 Å². The number of carbonyl (C=O) groups is 1. The van der Waals surface area contributed by atoms with Crippen LogP contribution in [0, 0.1) is 0 Å². The summed E-state index contributed by atoms with van der Waals surface area (Å²) in [6.45, 7) is 5.28. The minimum atomic E-state index is -2.27. The summed E-state index contributed by atoms with van der Waals surface area (Å²) in [5.74, 6) is 4.68. The third-order valence-electron chi connectivity index (χ3n) is 7.74. The first kappa shape index (κ1) is 24.2. The molecule has 1 aliphatic carbocycles. The first-order valence-corrected chi connectivity index (χ1v) is 15.0. The Balaban J connectivity index is 1.10. The molecule has 2 aliphatic heterocycles. The molecule has 7 heteroatoms. The van der Waals surface area contributed by atoms with Gasteiger partial charge in [-0.1, -0.05) is 6.42 Å². The second-order valence-electron chi connectivity index (χ2n) is 10.2. The summed E-state index contributed by atoms with van der Waals surface area (Å²) in [4.78, 5) is 20.5. The molecular formula is C28H37N3O3S. The molecule has 5 rings (SSSR count). The van der Waals surface area contributed by atoms with E-state index >= 15 is 0 Å². The number of rotatable bonds is 6. The van der Waals surface area contributed by atoms with Crippen molar-refractivity contribution in [2.75, 3.05) is 50.4 Å². The zero-order valence-electron chi connectivity index (χ0n) is 20.7. The predicted molar refractivity (Wildman–Crippen MR) is 143 cm³/mol. The lowest BCUT2D eigenvalue weighted by molar-refractivity contribution is 0.0493. The normalized spacial score (nSPS) is 21.9. The highest BCUT2D eigenvalue weighted by molar-refractivity contribution is 7.99. The number of likely N-dealkylation sites (tertiary alicyclic amines) is 1. The van der Waals surface area contributed by atoms with E-state index in [-0.39, 0.29) is 5.91 Å². The monoisotopic (exact) mass is 495 g/mol. The Kier molecular flexibility index (Phi) is 7.07. The van der Waals surface area contributed by atoms with Crippen LogP contribution in [0.25, 0.3) is 0 Å². The number of nitrogens with zero attached hydrogens (tertiary/aromatic N) is 3. The van der Waals surface area contributed by atoms with Crippen LogP contribution >= 0.6 is 0 Å². The number of ether oxygens (including phenoxy) is 1. The maximum atomic E-state index is 12.9. The fourth-order valence-electron chi connectivity index (χ4n) is 5.27. The summed E-state index contributed by atoms with van der Waals surface area (Å²) in [5.41, 5.74) is 1.80. The van der Waals surface area contributed by atoms with Crippen molar-refractivity contribution >= 4 is 27.0 Å². The number of amides is 1. The lowest BCUT2D eigenvalue weighted by Crippen LogP contribution is -2.48. The number of hydrogen-bond donors (Lipinski definition) is 0. The third kappa shape index (κ3) is 5.67. The van der Waals surface area contributed by atoms with Crippen molar-refractivity contribution in [3.8, 4) is 5.75 Å². The highest BCUT2D eigenvalue weighted by Crippen LogP contribution is 2.29.